The van der Waals surface area contributed by atoms with Crippen LogP contribution in [0.1, 0.15) is 28.9 Å². The van der Waals surface area contributed by atoms with Gasteiger partial charge in [0.2, 0.25) is 6.79 Å². The molecule has 1 aliphatic rings. The van der Waals surface area contributed by atoms with Gasteiger partial charge in [-0.3, -0.25) is 4.79 Å². The summed E-state index contributed by atoms with van der Waals surface area (Å²) in [4.78, 5) is 28.2. The van der Waals surface area contributed by atoms with Crippen molar-refractivity contribution in [1.82, 2.24) is 4.57 Å². The van der Waals surface area contributed by atoms with E-state index in [2.05, 4.69) is 4.99 Å². The van der Waals surface area contributed by atoms with Gasteiger partial charge in [-0.15, -0.1) is 0 Å². The number of benzene rings is 2. The number of carboxylic acid groups (broad SMARTS) is 1. The van der Waals surface area contributed by atoms with Crippen LogP contribution in [-0.4, -0.2) is 28.3 Å². The zero-order valence-corrected chi connectivity index (χ0v) is 16.1. The number of aromatic nitrogens is 1. The molecule has 1 amide bonds. The van der Waals surface area contributed by atoms with Crippen LogP contribution < -0.4 is 14.3 Å². The van der Waals surface area contributed by atoms with Crippen LogP contribution in [0, 0.1) is 0 Å². The summed E-state index contributed by atoms with van der Waals surface area (Å²) in [6, 6.07) is 6.03. The van der Waals surface area contributed by atoms with Gasteiger partial charge in [0, 0.05) is 17.7 Å². The number of fused-ring (bicyclic) bond motifs is 2. The van der Waals surface area contributed by atoms with Crippen molar-refractivity contribution in [2.75, 3.05) is 6.79 Å². The Hall–Kier alpha value is -3.34. The first-order chi connectivity index (χ1) is 14.1. The molecule has 0 fully saturated rings. The van der Waals surface area contributed by atoms with Gasteiger partial charge in [-0.1, -0.05) is 17.4 Å². The van der Waals surface area contributed by atoms with E-state index in [-0.39, 0.29) is 17.2 Å². The van der Waals surface area contributed by atoms with E-state index in [4.69, 9.17) is 9.47 Å². The summed E-state index contributed by atoms with van der Waals surface area (Å²) in [6.45, 7) is 1.44. The number of carboxylic acids is 1. The zero-order chi connectivity index (χ0) is 21.6. The summed E-state index contributed by atoms with van der Waals surface area (Å²) < 4.78 is 51.4. The minimum atomic E-state index is -4.60. The molecule has 4 rings (SSSR count). The minimum Gasteiger partial charge on any atom is -0.480 e. The van der Waals surface area contributed by atoms with Crippen molar-refractivity contribution < 1.29 is 37.3 Å². The molecule has 0 saturated heterocycles. The van der Waals surface area contributed by atoms with Crippen molar-refractivity contribution in [3.8, 4) is 11.5 Å². The molecular formula is C19H13F3N2O5S. The van der Waals surface area contributed by atoms with E-state index >= 15 is 0 Å². The number of halogens is 3. The molecule has 156 valence electrons. The molecule has 11 heteroatoms. The van der Waals surface area contributed by atoms with Gasteiger partial charge in [-0.25, -0.2) is 4.79 Å². The summed E-state index contributed by atoms with van der Waals surface area (Å²) in [5.41, 5.74) is -0.780. The largest absolute Gasteiger partial charge is 0.480 e. The first-order valence-electron chi connectivity index (χ1n) is 8.59. The number of thiazole rings is 1. The highest BCUT2D eigenvalue weighted by Crippen LogP contribution is 2.37. The van der Waals surface area contributed by atoms with Crippen molar-refractivity contribution in [2.24, 2.45) is 4.99 Å². The van der Waals surface area contributed by atoms with Gasteiger partial charge in [-0.2, -0.15) is 18.2 Å². The highest BCUT2D eigenvalue weighted by atomic mass is 32.1. The van der Waals surface area contributed by atoms with Crippen molar-refractivity contribution in [1.29, 1.82) is 0 Å². The molecule has 0 spiro atoms. The van der Waals surface area contributed by atoms with Crippen LogP contribution in [0.5, 0.6) is 11.5 Å². The molecule has 0 saturated carbocycles. The SMILES string of the molecule is CC(C(=O)O)n1c(=NC(=O)c2cccc(C(F)(F)F)c2)sc2cc3c(cc21)OCO3. The average Bonchev–Trinajstić information content (AvgIpc) is 3.28. The number of aliphatic carboxylic acids is 1. The van der Waals surface area contributed by atoms with Crippen LogP contribution in [0.25, 0.3) is 10.2 Å². The molecule has 1 aromatic heterocycles. The summed E-state index contributed by atoms with van der Waals surface area (Å²) in [5.74, 6) is -1.20. The lowest BCUT2D eigenvalue weighted by Gasteiger charge is -2.10. The monoisotopic (exact) mass is 438 g/mol. The highest BCUT2D eigenvalue weighted by molar-refractivity contribution is 7.16. The number of rotatable bonds is 3. The van der Waals surface area contributed by atoms with Crippen LogP contribution in [0.3, 0.4) is 0 Å². The number of hydrogen-bond donors (Lipinski definition) is 1. The Kier molecular flexibility index (Phi) is 4.77. The summed E-state index contributed by atoms with van der Waals surface area (Å²) in [7, 11) is 0. The Morgan fingerprint density at radius 1 is 1.20 bits per heavy atom. The van der Waals surface area contributed by atoms with E-state index in [1.165, 1.54) is 17.6 Å². The van der Waals surface area contributed by atoms with Crippen molar-refractivity contribution >= 4 is 33.4 Å². The fourth-order valence-corrected chi connectivity index (χ4v) is 4.08. The number of ether oxygens (including phenoxy) is 2. The number of carbonyl (C=O) groups is 2. The molecule has 7 nitrogen and oxygen atoms in total. The van der Waals surface area contributed by atoms with Gasteiger partial charge in [-0.05, 0) is 25.1 Å². The van der Waals surface area contributed by atoms with Gasteiger partial charge in [0.05, 0.1) is 15.8 Å². The second-order valence-corrected chi connectivity index (χ2v) is 7.45. The maximum absolute atomic E-state index is 12.9. The predicted octanol–water partition coefficient (Wildman–Crippen LogP) is 3.84. The molecule has 2 heterocycles. The summed E-state index contributed by atoms with van der Waals surface area (Å²) >= 11 is 1.02. The summed E-state index contributed by atoms with van der Waals surface area (Å²) in [5, 5.41) is 9.48. The molecule has 1 aliphatic heterocycles. The lowest BCUT2D eigenvalue weighted by molar-refractivity contribution is -0.140. The van der Waals surface area contributed by atoms with E-state index in [1.54, 1.807) is 12.1 Å². The normalized spacial score (nSPS) is 14.9. The lowest BCUT2D eigenvalue weighted by atomic mass is 10.1. The Morgan fingerprint density at radius 3 is 2.57 bits per heavy atom. The van der Waals surface area contributed by atoms with E-state index in [9.17, 15) is 27.9 Å². The standard InChI is InChI=1S/C19H13F3N2O5S/c1-9(17(26)27)24-12-6-13-14(29-8-28-13)7-15(12)30-18(24)23-16(25)10-3-2-4-11(5-10)19(20,21)22/h2-7,9H,8H2,1H3,(H,26,27). The third kappa shape index (κ3) is 3.52. The van der Waals surface area contributed by atoms with Gasteiger partial charge >= 0.3 is 12.1 Å². The number of nitrogens with zero attached hydrogens (tertiary/aromatic N) is 2. The van der Waals surface area contributed by atoms with Crippen LogP contribution in [0.2, 0.25) is 0 Å². The molecule has 0 bridgehead atoms. The maximum Gasteiger partial charge on any atom is 0.416 e. The Labute approximate surface area is 170 Å². The second-order valence-electron chi connectivity index (χ2n) is 6.44. The lowest BCUT2D eigenvalue weighted by Crippen LogP contribution is -2.25. The van der Waals surface area contributed by atoms with Crippen LogP contribution in [0.15, 0.2) is 41.4 Å². The highest BCUT2D eigenvalue weighted by Gasteiger charge is 2.31. The second kappa shape index (κ2) is 7.17. The molecule has 1 N–H and O–H groups in total. The third-order valence-corrected chi connectivity index (χ3v) is 5.52. The van der Waals surface area contributed by atoms with E-state index in [0.29, 0.717) is 27.8 Å². The first-order valence-corrected chi connectivity index (χ1v) is 9.40. The Balaban J connectivity index is 1.87. The van der Waals surface area contributed by atoms with Gasteiger partial charge < -0.3 is 19.1 Å². The zero-order valence-electron chi connectivity index (χ0n) is 15.3. The third-order valence-electron chi connectivity index (χ3n) is 4.50. The van der Waals surface area contributed by atoms with Crippen molar-refractivity contribution in [3.05, 3.63) is 52.3 Å². The quantitative estimate of drug-likeness (QED) is 0.671. The van der Waals surface area contributed by atoms with Gasteiger partial charge in [0.25, 0.3) is 5.91 Å². The summed E-state index contributed by atoms with van der Waals surface area (Å²) in [6.07, 6.45) is -4.60. The van der Waals surface area contributed by atoms with Gasteiger partial charge in [0.1, 0.15) is 6.04 Å². The number of amides is 1. The topological polar surface area (TPSA) is 90.1 Å². The molecular weight excluding hydrogens is 425 g/mol. The Morgan fingerprint density at radius 2 is 1.90 bits per heavy atom. The molecule has 0 radical (unpaired) electrons. The number of carbonyl (C=O) groups excluding carboxylic acids is 1. The molecule has 3 aromatic rings. The molecule has 2 aromatic carbocycles. The van der Waals surface area contributed by atoms with Crippen LogP contribution >= 0.6 is 11.3 Å². The fourth-order valence-electron chi connectivity index (χ4n) is 2.97. The first kappa shape index (κ1) is 20.0. The molecule has 0 aliphatic carbocycles. The predicted molar refractivity (Wildman–Crippen MR) is 99.6 cm³/mol. The van der Waals surface area contributed by atoms with E-state index in [0.717, 1.165) is 23.5 Å². The van der Waals surface area contributed by atoms with Gasteiger partial charge in [0.15, 0.2) is 16.3 Å². The van der Waals surface area contributed by atoms with Crippen LogP contribution in [-0.2, 0) is 11.0 Å². The van der Waals surface area contributed by atoms with E-state index in [1.807, 2.05) is 0 Å². The van der Waals surface area contributed by atoms with Crippen molar-refractivity contribution in [2.45, 2.75) is 19.1 Å². The molecule has 1 unspecified atom stereocenters. The molecule has 1 atom stereocenters. The maximum atomic E-state index is 12.9. The number of alkyl halides is 3. The minimum absolute atomic E-state index is 0.0333. The smallest absolute Gasteiger partial charge is 0.416 e. The fraction of sp³-hybridized carbons (Fsp3) is 0.211. The molecule has 30 heavy (non-hydrogen) atoms. The number of hydrogen-bond acceptors (Lipinski definition) is 5. The average molecular weight is 438 g/mol. The van der Waals surface area contributed by atoms with E-state index < -0.39 is 29.7 Å². The Bertz CT molecular complexity index is 1250. The van der Waals surface area contributed by atoms with Crippen molar-refractivity contribution in [3.63, 3.8) is 0 Å². The van der Waals surface area contributed by atoms with Crippen LogP contribution in [0.4, 0.5) is 13.2 Å².